The van der Waals surface area contributed by atoms with Gasteiger partial charge < -0.3 is 0 Å². The molecule has 1 atom stereocenters. The molecule has 25 heavy (non-hydrogen) atoms. The molecule has 134 valence electrons. The van der Waals surface area contributed by atoms with Gasteiger partial charge in [0.2, 0.25) is 0 Å². The van der Waals surface area contributed by atoms with E-state index in [-0.39, 0.29) is 0 Å². The van der Waals surface area contributed by atoms with E-state index in [1.807, 2.05) is 18.5 Å². The maximum Gasteiger partial charge on any atom is 0.187 e. The number of piperazine rings is 1. The average Bonchev–Trinajstić information content (AvgIpc) is 2.62. The predicted molar refractivity (Wildman–Crippen MR) is 105 cm³/mol. The highest BCUT2D eigenvalue weighted by Gasteiger charge is 2.25. The summed E-state index contributed by atoms with van der Waals surface area (Å²) in [4.78, 5) is 14.2. The number of hydrogen-bond donors (Lipinski definition) is 0. The molecule has 0 saturated carbocycles. The molecule has 0 radical (unpaired) electrons. The highest BCUT2D eigenvalue weighted by Crippen LogP contribution is 2.19. The first-order chi connectivity index (χ1) is 12.1. The summed E-state index contributed by atoms with van der Waals surface area (Å²) in [5, 5.41) is 0.852. The molecule has 1 aliphatic rings. The van der Waals surface area contributed by atoms with E-state index in [9.17, 15) is 0 Å². The molecule has 1 fully saturated rings. The predicted octanol–water partition coefficient (Wildman–Crippen LogP) is 3.68. The fourth-order valence-electron chi connectivity index (χ4n) is 3.44. The monoisotopic (exact) mass is 356 g/mol. The van der Waals surface area contributed by atoms with Crippen LogP contribution in [0.1, 0.15) is 31.9 Å². The maximum absolute atomic E-state index is 4.54. The van der Waals surface area contributed by atoms with Crippen LogP contribution in [0.3, 0.4) is 0 Å². The molecule has 2 heterocycles. The molecule has 1 saturated heterocycles. The number of hydrogen-bond acceptors (Lipinski definition) is 5. The number of rotatable bonds is 6. The Hall–Kier alpha value is -1.43. The molecule has 0 amide bonds. The number of benzene rings is 1. The maximum atomic E-state index is 4.54. The van der Waals surface area contributed by atoms with Crippen molar-refractivity contribution >= 4 is 11.8 Å². The Kier molecular flexibility index (Phi) is 6.45. The topological polar surface area (TPSA) is 32.3 Å². The normalized spacial score (nSPS) is 19.4. The van der Waals surface area contributed by atoms with Crippen molar-refractivity contribution < 1.29 is 0 Å². The van der Waals surface area contributed by atoms with Crippen LogP contribution < -0.4 is 0 Å². The van der Waals surface area contributed by atoms with Crippen molar-refractivity contribution in [1.82, 2.24) is 19.8 Å². The SMILES string of the molecule is CC(C)N1CCN(Cc2cnc(SCc3ccccc3)nc2)C[C@H]1C. The Morgan fingerprint density at radius 1 is 1.08 bits per heavy atom. The minimum atomic E-state index is 0.607. The van der Waals surface area contributed by atoms with E-state index in [1.54, 1.807) is 11.8 Å². The van der Waals surface area contributed by atoms with E-state index in [2.05, 4.69) is 64.8 Å². The zero-order valence-electron chi connectivity index (χ0n) is 15.4. The molecule has 1 aromatic carbocycles. The van der Waals surface area contributed by atoms with Crippen LogP contribution in [0.25, 0.3) is 0 Å². The molecule has 4 nitrogen and oxygen atoms in total. The highest BCUT2D eigenvalue weighted by molar-refractivity contribution is 7.98. The molecule has 0 spiro atoms. The van der Waals surface area contributed by atoms with Crippen molar-refractivity contribution in [3.05, 3.63) is 53.9 Å². The molecule has 3 rings (SSSR count). The first-order valence-electron chi connectivity index (χ1n) is 9.07. The Morgan fingerprint density at radius 3 is 2.44 bits per heavy atom. The molecule has 0 bridgehead atoms. The Morgan fingerprint density at radius 2 is 1.80 bits per heavy atom. The van der Waals surface area contributed by atoms with Crippen LogP contribution >= 0.6 is 11.8 Å². The van der Waals surface area contributed by atoms with Crippen molar-refractivity contribution in [2.75, 3.05) is 19.6 Å². The minimum Gasteiger partial charge on any atom is -0.296 e. The fourth-order valence-corrected chi connectivity index (χ4v) is 4.18. The lowest BCUT2D eigenvalue weighted by atomic mass is 10.1. The second-order valence-electron chi connectivity index (χ2n) is 7.06. The molecular weight excluding hydrogens is 328 g/mol. The summed E-state index contributed by atoms with van der Waals surface area (Å²) in [6.07, 6.45) is 3.97. The number of aromatic nitrogens is 2. The first kappa shape index (κ1) is 18.4. The second kappa shape index (κ2) is 8.79. The average molecular weight is 357 g/mol. The Balaban J connectivity index is 1.49. The van der Waals surface area contributed by atoms with Crippen molar-refractivity contribution in [2.24, 2.45) is 0 Å². The van der Waals surface area contributed by atoms with E-state index in [1.165, 1.54) is 11.1 Å². The summed E-state index contributed by atoms with van der Waals surface area (Å²) in [6.45, 7) is 11.2. The first-order valence-corrected chi connectivity index (χ1v) is 10.1. The van der Waals surface area contributed by atoms with Gasteiger partial charge in [0.1, 0.15) is 0 Å². The zero-order chi connectivity index (χ0) is 17.6. The molecule has 0 unspecified atom stereocenters. The summed E-state index contributed by atoms with van der Waals surface area (Å²) in [5.41, 5.74) is 2.51. The lowest BCUT2D eigenvalue weighted by Gasteiger charge is -2.42. The van der Waals surface area contributed by atoms with Gasteiger partial charge in [-0.05, 0) is 26.3 Å². The van der Waals surface area contributed by atoms with Crippen molar-refractivity contribution in [1.29, 1.82) is 0 Å². The van der Waals surface area contributed by atoms with Crippen molar-refractivity contribution in [3.63, 3.8) is 0 Å². The van der Waals surface area contributed by atoms with Gasteiger partial charge in [-0.15, -0.1) is 0 Å². The summed E-state index contributed by atoms with van der Waals surface area (Å²) in [5.74, 6) is 0.912. The number of nitrogens with zero attached hydrogens (tertiary/aromatic N) is 4. The molecular formula is C20H28N4S. The third-order valence-electron chi connectivity index (χ3n) is 4.72. The van der Waals surface area contributed by atoms with E-state index >= 15 is 0 Å². The third kappa shape index (κ3) is 5.27. The molecule has 0 aliphatic carbocycles. The van der Waals surface area contributed by atoms with E-state index < -0.39 is 0 Å². The van der Waals surface area contributed by atoms with E-state index in [4.69, 9.17) is 0 Å². The summed E-state index contributed by atoms with van der Waals surface area (Å²) >= 11 is 1.69. The van der Waals surface area contributed by atoms with E-state index in [0.29, 0.717) is 12.1 Å². The van der Waals surface area contributed by atoms with Gasteiger partial charge in [-0.3, -0.25) is 9.80 Å². The fraction of sp³-hybridized carbons (Fsp3) is 0.500. The Labute approximate surface area is 155 Å². The third-order valence-corrected chi connectivity index (χ3v) is 5.67. The van der Waals surface area contributed by atoms with Gasteiger partial charge in [0.05, 0.1) is 0 Å². The van der Waals surface area contributed by atoms with Crippen LogP contribution in [0.2, 0.25) is 0 Å². The van der Waals surface area contributed by atoms with E-state index in [0.717, 1.165) is 37.1 Å². The summed E-state index contributed by atoms with van der Waals surface area (Å²) in [6, 6.07) is 11.7. The quantitative estimate of drug-likeness (QED) is 0.582. The number of thioether (sulfide) groups is 1. The van der Waals surface area contributed by atoms with Gasteiger partial charge in [-0.25, -0.2) is 9.97 Å². The summed E-state index contributed by atoms with van der Waals surface area (Å²) in [7, 11) is 0. The van der Waals surface area contributed by atoms with Crippen molar-refractivity contribution in [2.45, 2.75) is 50.3 Å². The zero-order valence-corrected chi connectivity index (χ0v) is 16.2. The molecule has 2 aromatic rings. The van der Waals surface area contributed by atoms with Gasteiger partial charge in [-0.2, -0.15) is 0 Å². The molecule has 0 N–H and O–H groups in total. The molecule has 5 heteroatoms. The second-order valence-corrected chi connectivity index (χ2v) is 8.01. The van der Waals surface area contributed by atoms with Crippen LogP contribution in [0.5, 0.6) is 0 Å². The van der Waals surface area contributed by atoms with Crippen LogP contribution in [0.4, 0.5) is 0 Å². The van der Waals surface area contributed by atoms with Crippen LogP contribution in [-0.4, -0.2) is 51.5 Å². The highest BCUT2D eigenvalue weighted by atomic mass is 32.2. The van der Waals surface area contributed by atoms with Gasteiger partial charge >= 0.3 is 0 Å². The Bertz CT molecular complexity index is 645. The lowest BCUT2D eigenvalue weighted by molar-refractivity contribution is 0.0563. The van der Waals surface area contributed by atoms with Gasteiger partial charge in [0.15, 0.2) is 5.16 Å². The standard InChI is InChI=1S/C20H28N4S/c1-16(2)24-10-9-23(13-17(24)3)14-19-11-21-20(22-12-19)25-15-18-7-5-4-6-8-18/h4-8,11-12,16-17H,9-10,13-15H2,1-3H3/t17-/m1/s1. The molecule has 1 aliphatic heterocycles. The lowest BCUT2D eigenvalue weighted by Crippen LogP contribution is -2.53. The van der Waals surface area contributed by atoms with Crippen LogP contribution in [0, 0.1) is 0 Å². The summed E-state index contributed by atoms with van der Waals surface area (Å²) < 4.78 is 0. The van der Waals surface area contributed by atoms with Crippen LogP contribution in [0.15, 0.2) is 47.9 Å². The van der Waals surface area contributed by atoms with Gasteiger partial charge in [-0.1, -0.05) is 42.1 Å². The van der Waals surface area contributed by atoms with Gasteiger partial charge in [0.25, 0.3) is 0 Å². The smallest absolute Gasteiger partial charge is 0.187 e. The van der Waals surface area contributed by atoms with Crippen molar-refractivity contribution in [3.8, 4) is 0 Å². The minimum absolute atomic E-state index is 0.607. The molecule has 1 aromatic heterocycles. The van der Waals surface area contributed by atoms with Gasteiger partial charge in [0, 0.05) is 62.0 Å². The largest absolute Gasteiger partial charge is 0.296 e. The van der Waals surface area contributed by atoms with Crippen LogP contribution in [-0.2, 0) is 12.3 Å².